The fourth-order valence-electron chi connectivity index (χ4n) is 2.47. The number of aromatic nitrogens is 3. The number of H-pyrrole nitrogens is 1. The van der Waals surface area contributed by atoms with Gasteiger partial charge in [0.15, 0.2) is 0 Å². The van der Waals surface area contributed by atoms with Crippen LogP contribution in [0, 0.1) is 0 Å². The normalized spacial score (nSPS) is 10.4. The van der Waals surface area contributed by atoms with E-state index in [9.17, 15) is 19.2 Å². The van der Waals surface area contributed by atoms with Crippen molar-refractivity contribution < 1.29 is 14.4 Å². The second-order valence-electron chi connectivity index (χ2n) is 5.77. The van der Waals surface area contributed by atoms with Crippen molar-refractivity contribution >= 4 is 34.7 Å². The van der Waals surface area contributed by atoms with Crippen molar-refractivity contribution in [3.05, 3.63) is 58.8 Å². The van der Waals surface area contributed by atoms with Crippen LogP contribution in [-0.2, 0) is 4.79 Å². The van der Waals surface area contributed by atoms with Gasteiger partial charge in [-0.1, -0.05) is 6.07 Å². The maximum Gasteiger partial charge on any atom is 0.319 e. The third-order valence-electron chi connectivity index (χ3n) is 3.72. The van der Waals surface area contributed by atoms with Crippen LogP contribution in [-0.4, -0.2) is 39.0 Å². The Hall–Kier alpha value is -4.15. The summed E-state index contributed by atoms with van der Waals surface area (Å²) in [4.78, 5) is 49.4. The van der Waals surface area contributed by atoms with Crippen LogP contribution in [0.3, 0.4) is 0 Å². The number of hydrogen-bond donors (Lipinski definition) is 5. The third-order valence-corrected chi connectivity index (χ3v) is 3.72. The van der Waals surface area contributed by atoms with E-state index in [4.69, 9.17) is 5.73 Å². The summed E-state index contributed by atoms with van der Waals surface area (Å²) in [6, 6.07) is 5.92. The molecule has 0 atom stereocenters. The zero-order chi connectivity index (χ0) is 20.1. The predicted octanol–water partition coefficient (Wildman–Crippen LogP) is 0.272. The van der Waals surface area contributed by atoms with E-state index in [1.54, 1.807) is 24.3 Å². The van der Waals surface area contributed by atoms with Gasteiger partial charge in [0.2, 0.25) is 5.91 Å². The molecule has 6 N–H and O–H groups in total. The summed E-state index contributed by atoms with van der Waals surface area (Å²) < 4.78 is 1.31. The molecule has 11 nitrogen and oxygen atoms in total. The van der Waals surface area contributed by atoms with Crippen molar-refractivity contribution in [1.82, 2.24) is 19.9 Å². The minimum absolute atomic E-state index is 0.0301. The second kappa shape index (κ2) is 8.03. The van der Waals surface area contributed by atoms with E-state index in [1.807, 2.05) is 0 Å². The van der Waals surface area contributed by atoms with Crippen LogP contribution < -0.4 is 27.2 Å². The standard InChI is InChI=1S/C17H17N7O4/c18-13(25)4-5-20-17(28)23-11-3-1-2-10(8-11)22-15(26)12-9-21-24-7-6-19-16(27)14(12)24/h1-3,6-9H,4-5H2,(H2,18,25)(H,19,27)(H,22,26)(H2,20,23,28). The highest BCUT2D eigenvalue weighted by Gasteiger charge is 2.15. The maximum atomic E-state index is 12.5. The average molecular weight is 383 g/mol. The monoisotopic (exact) mass is 383 g/mol. The molecule has 0 aliphatic rings. The lowest BCUT2D eigenvalue weighted by Crippen LogP contribution is -2.31. The topological polar surface area (TPSA) is 163 Å². The largest absolute Gasteiger partial charge is 0.370 e. The lowest BCUT2D eigenvalue weighted by Gasteiger charge is -2.09. The first-order valence-electron chi connectivity index (χ1n) is 8.23. The first kappa shape index (κ1) is 18.6. The Bertz CT molecular complexity index is 1100. The highest BCUT2D eigenvalue weighted by Crippen LogP contribution is 2.17. The Labute approximate surface area is 157 Å². The van der Waals surface area contributed by atoms with Crippen molar-refractivity contribution in [2.45, 2.75) is 6.42 Å². The van der Waals surface area contributed by atoms with Crippen molar-refractivity contribution in [2.24, 2.45) is 5.73 Å². The van der Waals surface area contributed by atoms with Crippen LogP contribution in [0.2, 0.25) is 0 Å². The molecule has 2 heterocycles. The predicted molar refractivity (Wildman–Crippen MR) is 101 cm³/mol. The molecule has 144 valence electrons. The SMILES string of the molecule is NC(=O)CCNC(=O)Nc1cccc(NC(=O)c2cnn3cc[nH]c(=O)c23)c1. The molecular weight excluding hydrogens is 366 g/mol. The number of urea groups is 1. The molecule has 0 radical (unpaired) electrons. The van der Waals surface area contributed by atoms with Gasteiger partial charge in [-0.15, -0.1) is 0 Å². The zero-order valence-corrected chi connectivity index (χ0v) is 14.6. The van der Waals surface area contributed by atoms with Crippen LogP contribution in [0.15, 0.2) is 47.7 Å². The van der Waals surface area contributed by atoms with E-state index in [0.29, 0.717) is 11.4 Å². The molecule has 0 saturated carbocycles. The number of nitrogens with two attached hydrogens (primary N) is 1. The van der Waals surface area contributed by atoms with Gasteiger partial charge >= 0.3 is 6.03 Å². The number of amides is 4. The molecule has 2 aromatic heterocycles. The quantitative estimate of drug-likeness (QED) is 0.412. The number of hydrogen-bond acceptors (Lipinski definition) is 5. The molecule has 3 aromatic rings. The number of carbonyl (C=O) groups is 3. The lowest BCUT2D eigenvalue weighted by molar-refractivity contribution is -0.117. The van der Waals surface area contributed by atoms with E-state index in [1.165, 1.54) is 23.1 Å². The van der Waals surface area contributed by atoms with Crippen molar-refractivity contribution in [3.8, 4) is 0 Å². The minimum atomic E-state index is -0.519. The molecular formula is C17H17N7O4. The van der Waals surface area contributed by atoms with E-state index < -0.39 is 23.4 Å². The first-order chi connectivity index (χ1) is 13.4. The van der Waals surface area contributed by atoms with E-state index in [-0.39, 0.29) is 24.0 Å². The number of carbonyl (C=O) groups excluding carboxylic acids is 3. The summed E-state index contributed by atoms with van der Waals surface area (Å²) in [5.74, 6) is -1.04. The molecule has 0 aliphatic heterocycles. The zero-order valence-electron chi connectivity index (χ0n) is 14.6. The number of fused-ring (bicyclic) bond motifs is 1. The number of aromatic amines is 1. The Morgan fingerprint density at radius 3 is 2.68 bits per heavy atom. The number of anilines is 2. The number of nitrogens with one attached hydrogen (secondary N) is 4. The summed E-state index contributed by atoms with van der Waals surface area (Å²) in [5, 5.41) is 11.7. The second-order valence-corrected chi connectivity index (χ2v) is 5.77. The summed E-state index contributed by atoms with van der Waals surface area (Å²) in [6.07, 6.45) is 4.28. The Balaban J connectivity index is 1.68. The lowest BCUT2D eigenvalue weighted by atomic mass is 10.2. The summed E-state index contributed by atoms with van der Waals surface area (Å²) in [7, 11) is 0. The number of primary amides is 1. The van der Waals surface area contributed by atoms with Crippen molar-refractivity contribution in [1.29, 1.82) is 0 Å². The maximum absolute atomic E-state index is 12.5. The van der Waals surface area contributed by atoms with Crippen molar-refractivity contribution in [3.63, 3.8) is 0 Å². The molecule has 28 heavy (non-hydrogen) atoms. The van der Waals surface area contributed by atoms with E-state index in [0.717, 1.165) is 0 Å². The smallest absolute Gasteiger partial charge is 0.319 e. The first-order valence-corrected chi connectivity index (χ1v) is 8.23. The number of rotatable bonds is 6. The summed E-state index contributed by atoms with van der Waals surface area (Å²) in [6.45, 7) is 0.112. The Morgan fingerprint density at radius 1 is 1.18 bits per heavy atom. The van der Waals surface area contributed by atoms with Gasteiger partial charge in [0.1, 0.15) is 5.52 Å². The number of nitrogens with zero attached hydrogens (tertiary/aromatic N) is 2. The van der Waals surface area contributed by atoms with Gasteiger partial charge in [-0.25, -0.2) is 9.31 Å². The van der Waals surface area contributed by atoms with Crippen LogP contribution in [0.1, 0.15) is 16.8 Å². The minimum Gasteiger partial charge on any atom is -0.370 e. The van der Waals surface area contributed by atoms with Crippen molar-refractivity contribution in [2.75, 3.05) is 17.2 Å². The highest BCUT2D eigenvalue weighted by atomic mass is 16.2. The summed E-state index contributed by atoms with van der Waals surface area (Å²) >= 11 is 0. The van der Waals surface area contributed by atoms with Gasteiger partial charge in [0.25, 0.3) is 11.5 Å². The van der Waals surface area contributed by atoms with Gasteiger partial charge in [-0.05, 0) is 18.2 Å². The van der Waals surface area contributed by atoms with Crippen LogP contribution in [0.25, 0.3) is 5.52 Å². The molecule has 3 rings (SSSR count). The third kappa shape index (κ3) is 4.33. The van der Waals surface area contributed by atoms with Gasteiger partial charge in [0, 0.05) is 36.7 Å². The molecule has 1 aromatic carbocycles. The van der Waals surface area contributed by atoms with Crippen LogP contribution in [0.4, 0.5) is 16.2 Å². The van der Waals surface area contributed by atoms with Crippen LogP contribution >= 0.6 is 0 Å². The van der Waals surface area contributed by atoms with Gasteiger partial charge in [-0.3, -0.25) is 14.4 Å². The summed E-state index contributed by atoms with van der Waals surface area (Å²) in [5.41, 5.74) is 5.64. The van der Waals surface area contributed by atoms with Gasteiger partial charge in [0.05, 0.1) is 11.8 Å². The number of benzene rings is 1. The molecule has 0 unspecified atom stereocenters. The Morgan fingerprint density at radius 2 is 1.93 bits per heavy atom. The fourth-order valence-corrected chi connectivity index (χ4v) is 2.47. The molecule has 0 aliphatic carbocycles. The molecule has 0 saturated heterocycles. The molecule has 0 bridgehead atoms. The highest BCUT2D eigenvalue weighted by molar-refractivity contribution is 6.08. The molecule has 4 amide bonds. The van der Waals surface area contributed by atoms with E-state index in [2.05, 4.69) is 26.0 Å². The average Bonchev–Trinajstić information content (AvgIpc) is 3.07. The molecule has 0 fully saturated rings. The van der Waals surface area contributed by atoms with Crippen LogP contribution in [0.5, 0.6) is 0 Å². The molecule has 0 spiro atoms. The van der Waals surface area contributed by atoms with Gasteiger partial charge < -0.3 is 26.7 Å². The van der Waals surface area contributed by atoms with Gasteiger partial charge in [-0.2, -0.15) is 5.10 Å². The Kier molecular flexibility index (Phi) is 5.35. The van der Waals surface area contributed by atoms with E-state index >= 15 is 0 Å². The molecule has 11 heteroatoms. The fraction of sp³-hybridized carbons (Fsp3) is 0.118.